The van der Waals surface area contributed by atoms with Gasteiger partial charge in [0.1, 0.15) is 0 Å². The number of carbonyl (C=O) groups is 1. The van der Waals surface area contributed by atoms with E-state index in [1.807, 2.05) is 76.8 Å². The highest BCUT2D eigenvalue weighted by Crippen LogP contribution is 2.19. The van der Waals surface area contributed by atoms with Gasteiger partial charge < -0.3 is 10.6 Å². The number of nitrogens with zero attached hydrogens (tertiary/aromatic N) is 2. The van der Waals surface area contributed by atoms with Crippen LogP contribution in [0.25, 0.3) is 4.96 Å². The predicted octanol–water partition coefficient (Wildman–Crippen LogP) is 4.32. The Kier molecular flexibility index (Phi) is 4.18. The molecule has 0 atom stereocenters. The first-order chi connectivity index (χ1) is 12.3. The number of rotatable bonds is 5. The molecular weight excluding hydrogens is 332 g/mol. The molecule has 2 aromatic heterocycles. The summed E-state index contributed by atoms with van der Waals surface area (Å²) in [7, 11) is 0. The van der Waals surface area contributed by atoms with Gasteiger partial charge in [-0.15, -0.1) is 11.3 Å². The van der Waals surface area contributed by atoms with Gasteiger partial charge in [-0.25, -0.2) is 4.98 Å². The van der Waals surface area contributed by atoms with Crippen LogP contribution in [0.5, 0.6) is 0 Å². The van der Waals surface area contributed by atoms with E-state index in [0.717, 1.165) is 27.7 Å². The van der Waals surface area contributed by atoms with Crippen molar-refractivity contribution in [3.8, 4) is 0 Å². The van der Waals surface area contributed by atoms with Crippen LogP contribution < -0.4 is 10.6 Å². The van der Waals surface area contributed by atoms with Crippen molar-refractivity contribution < 1.29 is 4.79 Å². The van der Waals surface area contributed by atoms with E-state index in [1.165, 1.54) is 0 Å². The van der Waals surface area contributed by atoms with Crippen molar-refractivity contribution in [3.05, 3.63) is 78.1 Å². The van der Waals surface area contributed by atoms with Crippen molar-refractivity contribution in [2.75, 3.05) is 10.6 Å². The molecule has 0 saturated heterocycles. The molecule has 25 heavy (non-hydrogen) atoms. The molecule has 0 aliphatic carbocycles. The van der Waals surface area contributed by atoms with Crippen LogP contribution in [-0.2, 0) is 11.2 Å². The number of imidazole rings is 1. The standard InChI is InChI=1S/C19H16N4OS/c24-18(12-17-13-23-10-11-25-19(23)22-17)21-16-8-6-15(7-9-16)20-14-4-2-1-3-5-14/h1-11,13,20H,12H2,(H,21,24). The summed E-state index contributed by atoms with van der Waals surface area (Å²) in [5.41, 5.74) is 3.54. The SMILES string of the molecule is O=C(Cc1cn2ccsc2n1)Nc1ccc(Nc2ccccc2)cc1. The quantitative estimate of drug-likeness (QED) is 0.565. The van der Waals surface area contributed by atoms with Gasteiger partial charge in [0.05, 0.1) is 12.1 Å². The van der Waals surface area contributed by atoms with Crippen LogP contribution in [0.3, 0.4) is 0 Å². The zero-order chi connectivity index (χ0) is 17.1. The second-order valence-electron chi connectivity index (χ2n) is 5.62. The molecule has 0 unspecified atom stereocenters. The summed E-state index contributed by atoms with van der Waals surface area (Å²) in [6.45, 7) is 0. The molecule has 5 nitrogen and oxygen atoms in total. The first-order valence-electron chi connectivity index (χ1n) is 7.89. The fourth-order valence-corrected chi connectivity index (χ4v) is 3.27. The van der Waals surface area contributed by atoms with Crippen LogP contribution in [0.2, 0.25) is 0 Å². The van der Waals surface area contributed by atoms with Gasteiger partial charge in [0.2, 0.25) is 5.91 Å². The summed E-state index contributed by atoms with van der Waals surface area (Å²) >= 11 is 1.55. The molecule has 4 rings (SSSR count). The monoisotopic (exact) mass is 348 g/mol. The lowest BCUT2D eigenvalue weighted by Gasteiger charge is -2.08. The molecule has 4 aromatic rings. The van der Waals surface area contributed by atoms with Gasteiger partial charge in [-0.3, -0.25) is 9.20 Å². The maximum atomic E-state index is 12.2. The molecule has 2 N–H and O–H groups in total. The Hall–Kier alpha value is -3.12. The molecule has 6 heteroatoms. The molecule has 0 spiro atoms. The number of anilines is 3. The molecule has 0 aliphatic heterocycles. The minimum absolute atomic E-state index is 0.0745. The van der Waals surface area contributed by atoms with Crippen LogP contribution in [0, 0.1) is 0 Å². The third-order valence-electron chi connectivity index (χ3n) is 3.72. The van der Waals surface area contributed by atoms with Crippen molar-refractivity contribution in [2.45, 2.75) is 6.42 Å². The number of aromatic nitrogens is 2. The molecule has 0 radical (unpaired) electrons. The second kappa shape index (κ2) is 6.78. The lowest BCUT2D eigenvalue weighted by Crippen LogP contribution is -2.14. The summed E-state index contributed by atoms with van der Waals surface area (Å²) in [6.07, 6.45) is 4.09. The summed E-state index contributed by atoms with van der Waals surface area (Å²) in [4.78, 5) is 17.5. The molecule has 1 amide bonds. The Morgan fingerprint density at radius 1 is 1.00 bits per heavy atom. The van der Waals surface area contributed by atoms with E-state index >= 15 is 0 Å². The molecule has 2 aromatic carbocycles. The average Bonchev–Trinajstić information content (AvgIpc) is 3.19. The van der Waals surface area contributed by atoms with Gasteiger partial charge in [0, 0.05) is 34.8 Å². The topological polar surface area (TPSA) is 58.4 Å². The van der Waals surface area contributed by atoms with Crippen LogP contribution in [0.15, 0.2) is 72.4 Å². The van der Waals surface area contributed by atoms with Crippen LogP contribution in [0.1, 0.15) is 5.69 Å². The largest absolute Gasteiger partial charge is 0.356 e. The summed E-state index contributed by atoms with van der Waals surface area (Å²) in [5.74, 6) is -0.0745. The maximum Gasteiger partial charge on any atom is 0.230 e. The van der Waals surface area contributed by atoms with Gasteiger partial charge in [-0.1, -0.05) is 18.2 Å². The van der Waals surface area contributed by atoms with E-state index in [9.17, 15) is 4.79 Å². The van der Waals surface area contributed by atoms with E-state index in [2.05, 4.69) is 15.6 Å². The van der Waals surface area contributed by atoms with E-state index in [4.69, 9.17) is 0 Å². The highest BCUT2D eigenvalue weighted by atomic mass is 32.1. The van der Waals surface area contributed by atoms with E-state index < -0.39 is 0 Å². The fourth-order valence-electron chi connectivity index (χ4n) is 2.56. The second-order valence-corrected chi connectivity index (χ2v) is 6.49. The number of nitrogens with one attached hydrogen (secondary N) is 2. The van der Waals surface area contributed by atoms with E-state index in [1.54, 1.807) is 11.3 Å². The number of carbonyl (C=O) groups excluding carboxylic acids is 1. The van der Waals surface area contributed by atoms with Crippen molar-refractivity contribution >= 4 is 39.3 Å². The average molecular weight is 348 g/mol. The van der Waals surface area contributed by atoms with Crippen LogP contribution in [-0.4, -0.2) is 15.3 Å². The molecule has 0 bridgehead atoms. The first-order valence-corrected chi connectivity index (χ1v) is 8.77. The Morgan fingerprint density at radius 3 is 2.48 bits per heavy atom. The van der Waals surface area contributed by atoms with Crippen molar-refractivity contribution in [1.82, 2.24) is 9.38 Å². The zero-order valence-electron chi connectivity index (χ0n) is 13.3. The Labute approximate surface area is 149 Å². The molecule has 2 heterocycles. The Bertz CT molecular complexity index is 961. The smallest absolute Gasteiger partial charge is 0.230 e. The number of amides is 1. The number of para-hydroxylation sites is 1. The molecular formula is C19H16N4OS. The maximum absolute atomic E-state index is 12.2. The van der Waals surface area contributed by atoms with Gasteiger partial charge in [-0.2, -0.15) is 0 Å². The van der Waals surface area contributed by atoms with Gasteiger partial charge in [-0.05, 0) is 36.4 Å². The van der Waals surface area contributed by atoms with Crippen LogP contribution in [0.4, 0.5) is 17.1 Å². The van der Waals surface area contributed by atoms with E-state index in [0.29, 0.717) is 0 Å². The fraction of sp³-hybridized carbons (Fsp3) is 0.0526. The third-order valence-corrected chi connectivity index (χ3v) is 4.49. The minimum atomic E-state index is -0.0745. The molecule has 0 fully saturated rings. The Balaban J connectivity index is 1.37. The van der Waals surface area contributed by atoms with Gasteiger partial charge >= 0.3 is 0 Å². The predicted molar refractivity (Wildman–Crippen MR) is 102 cm³/mol. The van der Waals surface area contributed by atoms with Gasteiger partial charge in [0.25, 0.3) is 0 Å². The van der Waals surface area contributed by atoms with Crippen molar-refractivity contribution in [2.24, 2.45) is 0 Å². The summed E-state index contributed by atoms with van der Waals surface area (Å²) in [5, 5.41) is 8.19. The highest BCUT2D eigenvalue weighted by molar-refractivity contribution is 7.15. The lowest BCUT2D eigenvalue weighted by molar-refractivity contribution is -0.115. The van der Waals surface area contributed by atoms with Crippen molar-refractivity contribution in [3.63, 3.8) is 0 Å². The first kappa shape index (κ1) is 15.4. The lowest BCUT2D eigenvalue weighted by atomic mass is 10.2. The number of hydrogen-bond acceptors (Lipinski definition) is 4. The minimum Gasteiger partial charge on any atom is -0.356 e. The molecule has 124 valence electrons. The summed E-state index contributed by atoms with van der Waals surface area (Å²) < 4.78 is 1.93. The number of fused-ring (bicyclic) bond motifs is 1. The molecule has 0 saturated carbocycles. The molecule has 0 aliphatic rings. The number of benzene rings is 2. The van der Waals surface area contributed by atoms with Crippen molar-refractivity contribution in [1.29, 1.82) is 0 Å². The number of thiazole rings is 1. The summed E-state index contributed by atoms with van der Waals surface area (Å²) in [6, 6.07) is 17.6. The normalized spacial score (nSPS) is 10.7. The van der Waals surface area contributed by atoms with E-state index in [-0.39, 0.29) is 12.3 Å². The Morgan fingerprint density at radius 2 is 1.72 bits per heavy atom. The highest BCUT2D eigenvalue weighted by Gasteiger charge is 2.08. The zero-order valence-corrected chi connectivity index (χ0v) is 14.2. The van der Waals surface area contributed by atoms with Gasteiger partial charge in [0.15, 0.2) is 4.96 Å². The number of hydrogen-bond donors (Lipinski definition) is 2. The third kappa shape index (κ3) is 3.70. The van der Waals surface area contributed by atoms with Crippen LogP contribution >= 0.6 is 11.3 Å².